The first kappa shape index (κ1) is 12.7. The standard InChI is InChI=1S/C14H14BrClO/c15-14-3-1-11(2-4-14)7-13(9-16)8-12-5-6-17-10-12/h1-6,10,13H,7-9H2. The Kier molecular flexibility index (Phi) is 4.69. The van der Waals surface area contributed by atoms with E-state index in [4.69, 9.17) is 16.0 Å². The molecule has 1 atom stereocenters. The van der Waals surface area contributed by atoms with Crippen LogP contribution < -0.4 is 0 Å². The molecule has 0 N–H and O–H groups in total. The highest BCUT2D eigenvalue weighted by atomic mass is 79.9. The number of rotatable bonds is 5. The Labute approximate surface area is 115 Å². The molecule has 3 heteroatoms. The van der Waals surface area contributed by atoms with Crippen molar-refractivity contribution >= 4 is 27.5 Å². The van der Waals surface area contributed by atoms with E-state index in [9.17, 15) is 0 Å². The zero-order valence-electron chi connectivity index (χ0n) is 9.40. The van der Waals surface area contributed by atoms with Crippen LogP contribution in [0.25, 0.3) is 0 Å². The van der Waals surface area contributed by atoms with Crippen LogP contribution >= 0.6 is 27.5 Å². The van der Waals surface area contributed by atoms with Gasteiger partial charge in [0.05, 0.1) is 12.5 Å². The van der Waals surface area contributed by atoms with E-state index in [0.29, 0.717) is 11.8 Å². The Morgan fingerprint density at radius 3 is 2.35 bits per heavy atom. The van der Waals surface area contributed by atoms with E-state index < -0.39 is 0 Å². The maximum absolute atomic E-state index is 6.03. The molecule has 0 radical (unpaired) electrons. The first-order chi connectivity index (χ1) is 8.28. The molecular formula is C14H14BrClO. The summed E-state index contributed by atoms with van der Waals surface area (Å²) in [5.41, 5.74) is 2.54. The minimum Gasteiger partial charge on any atom is -0.472 e. The van der Waals surface area contributed by atoms with E-state index in [1.165, 1.54) is 11.1 Å². The SMILES string of the molecule is ClCC(Cc1ccc(Br)cc1)Cc1ccoc1. The van der Waals surface area contributed by atoms with Gasteiger partial charge in [-0.25, -0.2) is 0 Å². The average molecular weight is 314 g/mol. The van der Waals surface area contributed by atoms with Gasteiger partial charge in [0.15, 0.2) is 0 Å². The van der Waals surface area contributed by atoms with Crippen molar-refractivity contribution < 1.29 is 4.42 Å². The van der Waals surface area contributed by atoms with Crippen molar-refractivity contribution in [1.29, 1.82) is 0 Å². The molecule has 0 fully saturated rings. The highest BCUT2D eigenvalue weighted by Gasteiger charge is 2.10. The Balaban J connectivity index is 1.97. The number of hydrogen-bond donors (Lipinski definition) is 0. The highest BCUT2D eigenvalue weighted by molar-refractivity contribution is 9.10. The number of furan rings is 1. The molecular weight excluding hydrogens is 300 g/mol. The fourth-order valence-electron chi connectivity index (χ4n) is 1.88. The molecule has 1 heterocycles. The van der Waals surface area contributed by atoms with Crippen LogP contribution in [0.4, 0.5) is 0 Å². The fraction of sp³-hybridized carbons (Fsp3) is 0.286. The molecule has 0 amide bonds. The maximum atomic E-state index is 6.03. The van der Waals surface area contributed by atoms with Crippen molar-refractivity contribution in [2.75, 3.05) is 5.88 Å². The summed E-state index contributed by atoms with van der Waals surface area (Å²) in [7, 11) is 0. The summed E-state index contributed by atoms with van der Waals surface area (Å²) in [4.78, 5) is 0. The Morgan fingerprint density at radius 2 is 1.76 bits per heavy atom. The number of halogens is 2. The van der Waals surface area contributed by atoms with Crippen molar-refractivity contribution in [2.24, 2.45) is 5.92 Å². The van der Waals surface area contributed by atoms with Gasteiger partial charge in [-0.2, -0.15) is 0 Å². The smallest absolute Gasteiger partial charge is 0.0934 e. The third-order valence-corrected chi connectivity index (χ3v) is 3.73. The minimum absolute atomic E-state index is 0.454. The second-order valence-electron chi connectivity index (χ2n) is 4.19. The van der Waals surface area contributed by atoms with Gasteiger partial charge in [-0.15, -0.1) is 11.6 Å². The predicted molar refractivity (Wildman–Crippen MR) is 74.5 cm³/mol. The van der Waals surface area contributed by atoms with Crippen LogP contribution in [0.15, 0.2) is 51.7 Å². The van der Waals surface area contributed by atoms with Crippen molar-refractivity contribution in [3.05, 3.63) is 58.5 Å². The quantitative estimate of drug-likeness (QED) is 0.730. The molecule has 0 saturated carbocycles. The molecule has 17 heavy (non-hydrogen) atoms. The molecule has 1 aromatic heterocycles. The largest absolute Gasteiger partial charge is 0.472 e. The monoisotopic (exact) mass is 312 g/mol. The lowest BCUT2D eigenvalue weighted by molar-refractivity contribution is 0.548. The molecule has 90 valence electrons. The molecule has 0 spiro atoms. The first-order valence-corrected chi connectivity index (χ1v) is 6.92. The lowest BCUT2D eigenvalue weighted by Crippen LogP contribution is -2.09. The van der Waals surface area contributed by atoms with E-state index in [1.54, 1.807) is 12.5 Å². The van der Waals surface area contributed by atoms with E-state index in [-0.39, 0.29) is 0 Å². The molecule has 0 saturated heterocycles. The van der Waals surface area contributed by atoms with Crippen LogP contribution in [-0.4, -0.2) is 5.88 Å². The van der Waals surface area contributed by atoms with Crippen molar-refractivity contribution in [2.45, 2.75) is 12.8 Å². The summed E-state index contributed by atoms with van der Waals surface area (Å²) in [6.45, 7) is 0. The van der Waals surface area contributed by atoms with Gasteiger partial charge in [0, 0.05) is 10.4 Å². The zero-order chi connectivity index (χ0) is 12.1. The van der Waals surface area contributed by atoms with Crippen LogP contribution in [0.2, 0.25) is 0 Å². The zero-order valence-corrected chi connectivity index (χ0v) is 11.7. The molecule has 2 aromatic rings. The van der Waals surface area contributed by atoms with E-state index in [1.807, 2.05) is 6.07 Å². The van der Waals surface area contributed by atoms with E-state index >= 15 is 0 Å². The number of hydrogen-bond acceptors (Lipinski definition) is 1. The summed E-state index contributed by atoms with van der Waals surface area (Å²) < 4.78 is 6.19. The molecule has 2 rings (SSSR count). The van der Waals surface area contributed by atoms with Gasteiger partial charge in [-0.05, 0) is 48.1 Å². The number of alkyl halides is 1. The summed E-state index contributed by atoms with van der Waals surface area (Å²) in [6.07, 6.45) is 5.47. The van der Waals surface area contributed by atoms with Gasteiger partial charge >= 0.3 is 0 Å². The molecule has 0 aliphatic rings. The summed E-state index contributed by atoms with van der Waals surface area (Å²) >= 11 is 9.46. The van der Waals surface area contributed by atoms with Gasteiger partial charge in [0.2, 0.25) is 0 Å². The van der Waals surface area contributed by atoms with Crippen LogP contribution in [0.1, 0.15) is 11.1 Å². The highest BCUT2D eigenvalue weighted by Crippen LogP contribution is 2.18. The molecule has 0 aliphatic carbocycles. The second kappa shape index (κ2) is 6.27. The van der Waals surface area contributed by atoms with Gasteiger partial charge < -0.3 is 4.42 Å². The number of benzene rings is 1. The third-order valence-electron chi connectivity index (χ3n) is 2.76. The second-order valence-corrected chi connectivity index (χ2v) is 5.41. The Hall–Kier alpha value is -0.730. The van der Waals surface area contributed by atoms with Crippen LogP contribution in [-0.2, 0) is 12.8 Å². The molecule has 1 aromatic carbocycles. The molecule has 0 bridgehead atoms. The summed E-state index contributed by atoms with van der Waals surface area (Å²) in [5, 5.41) is 0. The normalized spacial score (nSPS) is 12.6. The minimum atomic E-state index is 0.454. The van der Waals surface area contributed by atoms with Crippen molar-refractivity contribution in [3.8, 4) is 0 Å². The summed E-state index contributed by atoms with van der Waals surface area (Å²) in [5.74, 6) is 1.12. The third kappa shape index (κ3) is 3.90. The van der Waals surface area contributed by atoms with E-state index in [0.717, 1.165) is 17.3 Å². The van der Waals surface area contributed by atoms with Crippen LogP contribution in [0.3, 0.4) is 0 Å². The van der Waals surface area contributed by atoms with Gasteiger partial charge in [-0.3, -0.25) is 0 Å². The van der Waals surface area contributed by atoms with Gasteiger partial charge in [0.25, 0.3) is 0 Å². The summed E-state index contributed by atoms with van der Waals surface area (Å²) in [6, 6.07) is 10.4. The van der Waals surface area contributed by atoms with E-state index in [2.05, 4.69) is 40.2 Å². The van der Waals surface area contributed by atoms with Gasteiger partial charge in [-0.1, -0.05) is 28.1 Å². The Morgan fingerprint density at radius 1 is 1.06 bits per heavy atom. The van der Waals surface area contributed by atoms with Gasteiger partial charge in [0.1, 0.15) is 0 Å². The average Bonchev–Trinajstić information content (AvgIpc) is 2.84. The van der Waals surface area contributed by atoms with Crippen LogP contribution in [0, 0.1) is 5.92 Å². The predicted octanol–water partition coefficient (Wildman–Crippen LogP) is 4.68. The fourth-order valence-corrected chi connectivity index (χ4v) is 2.36. The molecule has 1 unspecified atom stereocenters. The lowest BCUT2D eigenvalue weighted by atomic mass is 9.95. The molecule has 0 aliphatic heterocycles. The van der Waals surface area contributed by atoms with Crippen LogP contribution in [0.5, 0.6) is 0 Å². The maximum Gasteiger partial charge on any atom is 0.0934 e. The Bertz CT molecular complexity index is 436. The van der Waals surface area contributed by atoms with Crippen molar-refractivity contribution in [3.63, 3.8) is 0 Å². The lowest BCUT2D eigenvalue weighted by Gasteiger charge is -2.12. The van der Waals surface area contributed by atoms with Crippen molar-refractivity contribution in [1.82, 2.24) is 0 Å². The topological polar surface area (TPSA) is 13.1 Å². The first-order valence-electron chi connectivity index (χ1n) is 5.59. The molecule has 1 nitrogen and oxygen atoms in total.